The van der Waals surface area contributed by atoms with Gasteiger partial charge < -0.3 is 10.8 Å². The summed E-state index contributed by atoms with van der Waals surface area (Å²) >= 11 is 0. The molecule has 0 aliphatic heterocycles. The highest BCUT2D eigenvalue weighted by Gasteiger charge is 2.51. The van der Waals surface area contributed by atoms with Crippen LogP contribution in [0.2, 0.25) is 0 Å². The van der Waals surface area contributed by atoms with Gasteiger partial charge in [-0.3, -0.25) is 0 Å². The minimum absolute atomic E-state index is 0.132. The topological polar surface area (TPSA) is 46.2 Å². The Bertz CT molecular complexity index is 695. The second-order valence-electron chi connectivity index (χ2n) is 12.3. The average Bonchev–Trinajstić information content (AvgIpc) is 3.04. The molecule has 3 aliphatic carbocycles. The van der Waals surface area contributed by atoms with Crippen LogP contribution >= 0.6 is 0 Å². The van der Waals surface area contributed by atoms with E-state index in [1.807, 2.05) is 13.8 Å². The standard InChI is InChI=1S/C29H49NO/c1-19(14-16-28(5,6)31)21(3)25-12-13-26-24(9-8-15-29(25,26)7)11-10-23-17-20(2)22(4)27(30)18-23/h10-11,19-21,25-27,31H,4,8-9,12-18,30H2,1-3,5-7H3/b23-10-,24-11+/t19?,20-,21?,25?,26?,27-,29-/m1/s1. The van der Waals surface area contributed by atoms with Gasteiger partial charge in [0.15, 0.2) is 0 Å². The van der Waals surface area contributed by atoms with Crippen LogP contribution < -0.4 is 5.73 Å². The molecule has 3 saturated carbocycles. The lowest BCUT2D eigenvalue weighted by molar-refractivity contribution is 0.0447. The summed E-state index contributed by atoms with van der Waals surface area (Å²) in [5.74, 6) is 3.45. The highest BCUT2D eigenvalue weighted by atomic mass is 16.3. The molecule has 7 atom stereocenters. The van der Waals surface area contributed by atoms with Gasteiger partial charge in [-0.15, -0.1) is 0 Å². The Balaban J connectivity index is 1.71. The molecule has 0 amide bonds. The average molecular weight is 428 g/mol. The van der Waals surface area contributed by atoms with E-state index in [4.69, 9.17) is 5.73 Å². The van der Waals surface area contributed by atoms with Crippen LogP contribution in [-0.2, 0) is 0 Å². The van der Waals surface area contributed by atoms with E-state index in [0.29, 0.717) is 17.3 Å². The minimum atomic E-state index is -0.546. The van der Waals surface area contributed by atoms with Crippen LogP contribution in [-0.4, -0.2) is 16.7 Å². The molecule has 31 heavy (non-hydrogen) atoms. The highest BCUT2D eigenvalue weighted by Crippen LogP contribution is 2.60. The van der Waals surface area contributed by atoms with E-state index in [9.17, 15) is 5.11 Å². The highest BCUT2D eigenvalue weighted by molar-refractivity contribution is 5.29. The lowest BCUT2D eigenvalue weighted by Crippen LogP contribution is -2.37. The Hall–Kier alpha value is -0.860. The quantitative estimate of drug-likeness (QED) is 0.440. The maximum absolute atomic E-state index is 10.2. The number of rotatable bonds is 6. The molecule has 0 bridgehead atoms. The predicted molar refractivity (Wildman–Crippen MR) is 134 cm³/mol. The molecule has 3 rings (SSSR count). The molecule has 0 aromatic rings. The van der Waals surface area contributed by atoms with Crippen molar-refractivity contribution in [3.05, 3.63) is 35.5 Å². The molecule has 176 valence electrons. The smallest absolute Gasteiger partial charge is 0.0591 e. The van der Waals surface area contributed by atoms with E-state index in [1.54, 1.807) is 5.57 Å². The number of aliphatic hydroxyl groups is 1. The first-order valence-electron chi connectivity index (χ1n) is 13.0. The van der Waals surface area contributed by atoms with Crippen molar-refractivity contribution >= 4 is 0 Å². The third kappa shape index (κ3) is 5.56. The molecular formula is C29H49NO. The zero-order valence-electron chi connectivity index (χ0n) is 21.2. The Kier molecular flexibility index (Phi) is 7.64. The van der Waals surface area contributed by atoms with Crippen molar-refractivity contribution in [3.8, 4) is 0 Å². The van der Waals surface area contributed by atoms with Gasteiger partial charge >= 0.3 is 0 Å². The Morgan fingerprint density at radius 2 is 1.94 bits per heavy atom. The summed E-state index contributed by atoms with van der Waals surface area (Å²) in [5.41, 5.74) is 10.7. The molecule has 0 aromatic heterocycles. The molecule has 0 aromatic carbocycles. The summed E-state index contributed by atoms with van der Waals surface area (Å²) in [6.45, 7) is 17.9. The summed E-state index contributed by atoms with van der Waals surface area (Å²) in [5, 5.41) is 10.2. The third-order valence-electron chi connectivity index (χ3n) is 9.47. The van der Waals surface area contributed by atoms with E-state index in [2.05, 4.69) is 46.4 Å². The van der Waals surface area contributed by atoms with E-state index in [0.717, 1.165) is 43.4 Å². The molecule has 3 aliphatic rings. The molecule has 0 heterocycles. The number of fused-ring (bicyclic) bond motifs is 1. The van der Waals surface area contributed by atoms with Gasteiger partial charge in [-0.25, -0.2) is 0 Å². The minimum Gasteiger partial charge on any atom is -0.390 e. The SMILES string of the molecule is C=C1[C@H](C)C/C(=C/C=C2\CCC[C@@]3(C)C2CCC3C(C)C(C)CCC(C)(C)O)C[C@H]1N. The van der Waals surface area contributed by atoms with Gasteiger partial charge in [0.05, 0.1) is 5.60 Å². The maximum Gasteiger partial charge on any atom is 0.0591 e. The van der Waals surface area contributed by atoms with Crippen molar-refractivity contribution in [1.29, 1.82) is 0 Å². The zero-order chi connectivity index (χ0) is 23.0. The van der Waals surface area contributed by atoms with Crippen molar-refractivity contribution in [3.63, 3.8) is 0 Å². The molecule has 0 spiro atoms. The van der Waals surface area contributed by atoms with Crippen LogP contribution in [0, 0.1) is 35.0 Å². The van der Waals surface area contributed by atoms with Gasteiger partial charge in [-0.1, -0.05) is 63.1 Å². The van der Waals surface area contributed by atoms with Crippen LogP contribution in [0.25, 0.3) is 0 Å². The molecule has 0 radical (unpaired) electrons. The molecule has 3 N–H and O–H groups in total. The van der Waals surface area contributed by atoms with Crippen LogP contribution in [0.1, 0.15) is 99.3 Å². The van der Waals surface area contributed by atoms with Crippen LogP contribution in [0.4, 0.5) is 0 Å². The largest absolute Gasteiger partial charge is 0.390 e. The number of nitrogens with two attached hydrogens (primary N) is 1. The monoisotopic (exact) mass is 427 g/mol. The predicted octanol–water partition coefficient (Wildman–Crippen LogP) is 7.19. The van der Waals surface area contributed by atoms with Crippen LogP contribution in [0.5, 0.6) is 0 Å². The van der Waals surface area contributed by atoms with Gasteiger partial charge in [-0.05, 0) is 107 Å². The van der Waals surface area contributed by atoms with Crippen molar-refractivity contribution in [2.45, 2.75) is 111 Å². The van der Waals surface area contributed by atoms with Gasteiger partial charge in [0.1, 0.15) is 0 Å². The number of allylic oxidation sites excluding steroid dienone is 3. The summed E-state index contributed by atoms with van der Waals surface area (Å²) in [6.07, 6.45) is 15.7. The first-order valence-corrected chi connectivity index (χ1v) is 13.0. The molecule has 2 nitrogen and oxygen atoms in total. The fraction of sp³-hybridized carbons (Fsp3) is 0.793. The summed E-state index contributed by atoms with van der Waals surface area (Å²) in [7, 11) is 0. The van der Waals surface area contributed by atoms with Crippen molar-refractivity contribution in [2.75, 3.05) is 0 Å². The summed E-state index contributed by atoms with van der Waals surface area (Å²) in [4.78, 5) is 0. The van der Waals surface area contributed by atoms with E-state index in [1.165, 1.54) is 43.3 Å². The second-order valence-corrected chi connectivity index (χ2v) is 12.3. The fourth-order valence-corrected chi connectivity index (χ4v) is 7.13. The lowest BCUT2D eigenvalue weighted by atomic mass is 9.59. The van der Waals surface area contributed by atoms with Crippen molar-refractivity contribution in [2.24, 2.45) is 40.7 Å². The van der Waals surface area contributed by atoms with E-state index < -0.39 is 5.60 Å². The number of hydrogen-bond acceptors (Lipinski definition) is 2. The van der Waals surface area contributed by atoms with Gasteiger partial charge in [0, 0.05) is 6.04 Å². The molecule has 4 unspecified atom stereocenters. The molecule has 3 fully saturated rings. The summed E-state index contributed by atoms with van der Waals surface area (Å²) in [6, 6.07) is 0.132. The van der Waals surface area contributed by atoms with Crippen LogP contribution in [0.3, 0.4) is 0 Å². The number of hydrogen-bond donors (Lipinski definition) is 2. The second kappa shape index (κ2) is 9.56. The normalized spacial score (nSPS) is 39.0. The maximum atomic E-state index is 10.2. The first kappa shape index (κ1) is 24.8. The van der Waals surface area contributed by atoms with E-state index >= 15 is 0 Å². The van der Waals surface area contributed by atoms with Gasteiger partial charge in [0.25, 0.3) is 0 Å². The Morgan fingerprint density at radius 3 is 2.58 bits per heavy atom. The molecule has 2 heteroatoms. The fourth-order valence-electron chi connectivity index (χ4n) is 7.13. The Labute approximate surface area is 192 Å². The third-order valence-corrected chi connectivity index (χ3v) is 9.47. The summed E-state index contributed by atoms with van der Waals surface area (Å²) < 4.78 is 0. The van der Waals surface area contributed by atoms with Crippen molar-refractivity contribution < 1.29 is 5.11 Å². The Morgan fingerprint density at radius 1 is 1.23 bits per heavy atom. The van der Waals surface area contributed by atoms with Gasteiger partial charge in [0.2, 0.25) is 0 Å². The molecule has 0 saturated heterocycles. The zero-order valence-corrected chi connectivity index (χ0v) is 21.2. The lowest BCUT2D eigenvalue weighted by Gasteiger charge is -2.45. The van der Waals surface area contributed by atoms with Gasteiger partial charge in [-0.2, -0.15) is 0 Å². The van der Waals surface area contributed by atoms with Crippen LogP contribution in [0.15, 0.2) is 35.5 Å². The first-order chi connectivity index (χ1) is 14.4. The van der Waals surface area contributed by atoms with Crippen molar-refractivity contribution in [1.82, 2.24) is 0 Å². The molecular weight excluding hydrogens is 378 g/mol. The van der Waals surface area contributed by atoms with E-state index in [-0.39, 0.29) is 6.04 Å².